The highest BCUT2D eigenvalue weighted by Gasteiger charge is 2.16. The Bertz CT molecular complexity index is 862. The molecule has 0 aromatic heterocycles. The van der Waals surface area contributed by atoms with Gasteiger partial charge in [0.1, 0.15) is 5.82 Å². The molecule has 2 aromatic rings. The van der Waals surface area contributed by atoms with Crippen molar-refractivity contribution < 1.29 is 17.6 Å². The number of sulfonamides is 1. The first-order valence-electron chi connectivity index (χ1n) is 7.84. The quantitative estimate of drug-likeness (QED) is 0.828. The van der Waals surface area contributed by atoms with Crippen LogP contribution in [-0.4, -0.2) is 20.4 Å². The van der Waals surface area contributed by atoms with Crippen LogP contribution in [0.5, 0.6) is 0 Å². The van der Waals surface area contributed by atoms with Crippen LogP contribution < -0.4 is 10.0 Å². The van der Waals surface area contributed by atoms with Gasteiger partial charge in [-0.1, -0.05) is 12.1 Å². The molecule has 0 aliphatic rings. The molecule has 7 heteroatoms. The van der Waals surface area contributed by atoms with Gasteiger partial charge in [-0.3, -0.25) is 4.79 Å². The second-order valence-corrected chi connectivity index (χ2v) is 7.78. The average Bonchev–Trinajstić information content (AvgIpc) is 2.54. The molecule has 1 amide bonds. The van der Waals surface area contributed by atoms with Gasteiger partial charge in [-0.05, 0) is 62.2 Å². The number of hydrogen-bond donors (Lipinski definition) is 2. The van der Waals surface area contributed by atoms with Gasteiger partial charge in [0.2, 0.25) is 10.0 Å². The van der Waals surface area contributed by atoms with E-state index in [9.17, 15) is 17.6 Å². The lowest BCUT2D eigenvalue weighted by molar-refractivity contribution is 0.0950. The molecule has 2 rings (SSSR count). The fourth-order valence-corrected chi connectivity index (χ4v) is 3.45. The third-order valence-corrected chi connectivity index (χ3v) is 5.18. The number of carbonyl (C=O) groups excluding carboxylic acids is 1. The van der Waals surface area contributed by atoms with Gasteiger partial charge in [-0.2, -0.15) is 0 Å². The van der Waals surface area contributed by atoms with E-state index in [1.807, 2.05) is 0 Å². The lowest BCUT2D eigenvalue weighted by atomic mass is 10.1. The maximum Gasteiger partial charge on any atom is 0.251 e. The second kappa shape index (κ2) is 7.76. The summed E-state index contributed by atoms with van der Waals surface area (Å²) in [5.74, 6) is -0.680. The van der Waals surface area contributed by atoms with E-state index < -0.39 is 10.0 Å². The van der Waals surface area contributed by atoms with Crippen molar-refractivity contribution in [3.05, 3.63) is 65.0 Å². The van der Waals surface area contributed by atoms with Crippen molar-refractivity contribution in [1.82, 2.24) is 10.0 Å². The zero-order chi connectivity index (χ0) is 18.6. The number of amides is 1. The van der Waals surface area contributed by atoms with E-state index in [0.29, 0.717) is 16.7 Å². The highest BCUT2D eigenvalue weighted by molar-refractivity contribution is 7.89. The maximum atomic E-state index is 13.5. The molecule has 0 unspecified atom stereocenters. The Balaban J connectivity index is 2.04. The molecule has 0 spiro atoms. The summed E-state index contributed by atoms with van der Waals surface area (Å²) in [6.07, 6.45) is 0. The predicted molar refractivity (Wildman–Crippen MR) is 94.2 cm³/mol. The van der Waals surface area contributed by atoms with Crippen molar-refractivity contribution in [2.75, 3.05) is 0 Å². The molecule has 0 aliphatic heterocycles. The van der Waals surface area contributed by atoms with Crippen LogP contribution in [0.15, 0.2) is 47.4 Å². The summed E-state index contributed by atoms with van der Waals surface area (Å²) in [5.41, 5.74) is 1.52. The van der Waals surface area contributed by atoms with Crippen LogP contribution in [0.25, 0.3) is 0 Å². The fourth-order valence-electron chi connectivity index (χ4n) is 2.19. The third-order valence-electron chi connectivity index (χ3n) is 3.51. The van der Waals surface area contributed by atoms with Crippen molar-refractivity contribution in [2.24, 2.45) is 0 Å². The minimum Gasteiger partial charge on any atom is -0.348 e. The van der Waals surface area contributed by atoms with Gasteiger partial charge in [0, 0.05) is 18.2 Å². The first-order valence-corrected chi connectivity index (χ1v) is 9.33. The Morgan fingerprint density at radius 1 is 1.12 bits per heavy atom. The average molecular weight is 364 g/mol. The molecule has 0 saturated heterocycles. The summed E-state index contributed by atoms with van der Waals surface area (Å²) in [6, 6.07) is 10.2. The van der Waals surface area contributed by atoms with Gasteiger partial charge in [0.15, 0.2) is 0 Å². The molecule has 0 heterocycles. The third kappa shape index (κ3) is 5.11. The molecular weight excluding hydrogens is 343 g/mol. The summed E-state index contributed by atoms with van der Waals surface area (Å²) in [6.45, 7) is 5.31. The highest BCUT2D eigenvalue weighted by Crippen LogP contribution is 2.12. The lowest BCUT2D eigenvalue weighted by Crippen LogP contribution is -2.30. The largest absolute Gasteiger partial charge is 0.348 e. The monoisotopic (exact) mass is 364 g/mol. The number of benzene rings is 2. The smallest absolute Gasteiger partial charge is 0.251 e. The summed E-state index contributed by atoms with van der Waals surface area (Å²) >= 11 is 0. The standard InChI is InChI=1S/C18H21FN2O3S/c1-12(2)21-25(23,24)16-8-6-15(7-9-16)18(22)20-11-14-5-4-13(3)17(19)10-14/h4-10,12,21H,11H2,1-3H3,(H,20,22). The number of nitrogens with one attached hydrogen (secondary N) is 2. The van der Waals surface area contributed by atoms with E-state index >= 15 is 0 Å². The van der Waals surface area contributed by atoms with Gasteiger partial charge in [-0.15, -0.1) is 0 Å². The Kier molecular flexibility index (Phi) is 5.92. The molecule has 25 heavy (non-hydrogen) atoms. The first kappa shape index (κ1) is 19.1. The number of hydrogen-bond acceptors (Lipinski definition) is 3. The summed E-state index contributed by atoms with van der Waals surface area (Å²) in [5, 5.41) is 2.68. The Hall–Kier alpha value is -2.25. The highest BCUT2D eigenvalue weighted by atomic mass is 32.2. The van der Waals surface area contributed by atoms with Gasteiger partial charge < -0.3 is 5.32 Å². The summed E-state index contributed by atoms with van der Waals surface area (Å²) in [7, 11) is -3.59. The molecular formula is C18H21FN2O3S. The van der Waals surface area contributed by atoms with Gasteiger partial charge in [0.05, 0.1) is 4.90 Å². The van der Waals surface area contributed by atoms with Crippen LogP contribution >= 0.6 is 0 Å². The maximum absolute atomic E-state index is 13.5. The van der Waals surface area contributed by atoms with Crippen molar-refractivity contribution in [3.8, 4) is 0 Å². The molecule has 0 saturated carbocycles. The molecule has 2 aromatic carbocycles. The zero-order valence-corrected chi connectivity index (χ0v) is 15.2. The summed E-state index contributed by atoms with van der Waals surface area (Å²) < 4.78 is 40.1. The van der Waals surface area contributed by atoms with E-state index in [1.165, 1.54) is 30.3 Å². The minimum absolute atomic E-state index is 0.0957. The Labute approximate surface area is 147 Å². The topological polar surface area (TPSA) is 75.3 Å². The molecule has 0 fully saturated rings. The number of halogens is 1. The van der Waals surface area contributed by atoms with Crippen LogP contribution in [0, 0.1) is 12.7 Å². The molecule has 5 nitrogen and oxygen atoms in total. The van der Waals surface area contributed by atoms with Crippen LogP contribution in [0.4, 0.5) is 4.39 Å². The summed E-state index contributed by atoms with van der Waals surface area (Å²) in [4.78, 5) is 12.2. The van der Waals surface area contributed by atoms with Crippen molar-refractivity contribution in [3.63, 3.8) is 0 Å². The molecule has 134 valence electrons. The lowest BCUT2D eigenvalue weighted by Gasteiger charge is -2.10. The van der Waals surface area contributed by atoms with Crippen molar-refractivity contribution in [1.29, 1.82) is 0 Å². The van der Waals surface area contributed by atoms with Gasteiger partial charge in [0.25, 0.3) is 5.91 Å². The van der Waals surface area contributed by atoms with Crippen molar-refractivity contribution in [2.45, 2.75) is 38.3 Å². The fraction of sp³-hybridized carbons (Fsp3) is 0.278. The van der Waals surface area contributed by atoms with Crippen LogP contribution in [0.1, 0.15) is 35.3 Å². The predicted octanol–water partition coefficient (Wildman–Crippen LogP) is 2.75. The van der Waals surface area contributed by atoms with Crippen LogP contribution in [0.2, 0.25) is 0 Å². The SMILES string of the molecule is Cc1ccc(CNC(=O)c2ccc(S(=O)(=O)NC(C)C)cc2)cc1F. The van der Waals surface area contributed by atoms with E-state index in [1.54, 1.807) is 32.9 Å². The van der Waals surface area contributed by atoms with Crippen LogP contribution in [-0.2, 0) is 16.6 Å². The minimum atomic E-state index is -3.59. The van der Waals surface area contributed by atoms with E-state index in [-0.39, 0.29) is 29.2 Å². The first-order chi connectivity index (χ1) is 11.7. The number of rotatable bonds is 6. The molecule has 0 bridgehead atoms. The molecule has 0 atom stereocenters. The Morgan fingerprint density at radius 3 is 2.32 bits per heavy atom. The zero-order valence-electron chi connectivity index (χ0n) is 14.3. The normalized spacial score (nSPS) is 11.6. The van der Waals surface area contributed by atoms with Crippen LogP contribution in [0.3, 0.4) is 0 Å². The van der Waals surface area contributed by atoms with E-state index in [4.69, 9.17) is 0 Å². The van der Waals surface area contributed by atoms with Gasteiger partial charge >= 0.3 is 0 Å². The van der Waals surface area contributed by atoms with E-state index in [0.717, 1.165) is 0 Å². The molecule has 0 aliphatic carbocycles. The van der Waals surface area contributed by atoms with E-state index in [2.05, 4.69) is 10.0 Å². The van der Waals surface area contributed by atoms with Gasteiger partial charge in [-0.25, -0.2) is 17.5 Å². The molecule has 0 radical (unpaired) electrons. The number of aryl methyl sites for hydroxylation is 1. The second-order valence-electron chi connectivity index (χ2n) is 6.07. The number of carbonyl (C=O) groups is 1. The Morgan fingerprint density at radius 2 is 1.76 bits per heavy atom. The molecule has 2 N–H and O–H groups in total. The van der Waals surface area contributed by atoms with Crippen molar-refractivity contribution >= 4 is 15.9 Å².